The SMILES string of the molecule is NCC(Cc1ccc(-c2ccccc2)cc1)NCc1ccccc1Cl. The summed E-state index contributed by atoms with van der Waals surface area (Å²) < 4.78 is 0. The quantitative estimate of drug-likeness (QED) is 0.650. The third-order valence-corrected chi connectivity index (χ3v) is 4.74. The number of nitrogens with two attached hydrogens (primary N) is 1. The fourth-order valence-electron chi connectivity index (χ4n) is 2.88. The molecule has 0 amide bonds. The minimum atomic E-state index is 0.221. The van der Waals surface area contributed by atoms with Crippen LogP contribution in [0, 0.1) is 0 Å². The van der Waals surface area contributed by atoms with Gasteiger partial charge in [0.25, 0.3) is 0 Å². The van der Waals surface area contributed by atoms with Gasteiger partial charge in [0.05, 0.1) is 0 Å². The predicted molar refractivity (Wildman–Crippen MR) is 107 cm³/mol. The summed E-state index contributed by atoms with van der Waals surface area (Å²) in [4.78, 5) is 0. The number of rotatable bonds is 7. The average molecular weight is 351 g/mol. The second-order valence-electron chi connectivity index (χ2n) is 6.17. The Kier molecular flexibility index (Phi) is 6.24. The van der Waals surface area contributed by atoms with E-state index in [2.05, 4.69) is 53.8 Å². The van der Waals surface area contributed by atoms with Gasteiger partial charge in [-0.2, -0.15) is 0 Å². The van der Waals surface area contributed by atoms with Gasteiger partial charge in [-0.3, -0.25) is 0 Å². The van der Waals surface area contributed by atoms with Gasteiger partial charge in [-0.1, -0.05) is 84.4 Å². The maximum Gasteiger partial charge on any atom is 0.0450 e. The van der Waals surface area contributed by atoms with Crippen molar-refractivity contribution in [3.8, 4) is 11.1 Å². The molecule has 1 atom stereocenters. The van der Waals surface area contributed by atoms with Crippen molar-refractivity contribution in [2.45, 2.75) is 19.0 Å². The van der Waals surface area contributed by atoms with Crippen LogP contribution < -0.4 is 11.1 Å². The Morgan fingerprint density at radius 1 is 0.800 bits per heavy atom. The van der Waals surface area contributed by atoms with Gasteiger partial charge in [-0.05, 0) is 34.7 Å². The van der Waals surface area contributed by atoms with E-state index in [-0.39, 0.29) is 6.04 Å². The van der Waals surface area contributed by atoms with E-state index in [0.717, 1.165) is 23.6 Å². The van der Waals surface area contributed by atoms with Crippen LogP contribution in [0.25, 0.3) is 11.1 Å². The molecule has 0 bridgehead atoms. The van der Waals surface area contributed by atoms with Gasteiger partial charge in [-0.15, -0.1) is 0 Å². The molecule has 0 fully saturated rings. The van der Waals surface area contributed by atoms with E-state index in [1.54, 1.807) is 0 Å². The van der Waals surface area contributed by atoms with Crippen LogP contribution in [0.2, 0.25) is 5.02 Å². The normalized spacial score (nSPS) is 12.1. The van der Waals surface area contributed by atoms with Gasteiger partial charge >= 0.3 is 0 Å². The molecule has 0 spiro atoms. The van der Waals surface area contributed by atoms with Crippen LogP contribution >= 0.6 is 11.6 Å². The molecule has 3 aromatic carbocycles. The summed E-state index contributed by atoms with van der Waals surface area (Å²) in [6, 6.07) is 27.2. The molecule has 0 radical (unpaired) electrons. The fraction of sp³-hybridized carbons (Fsp3) is 0.182. The zero-order valence-corrected chi connectivity index (χ0v) is 14.9. The predicted octanol–water partition coefficient (Wildman–Crippen LogP) is 4.67. The molecule has 3 aromatic rings. The fourth-order valence-corrected chi connectivity index (χ4v) is 3.09. The molecule has 2 nitrogen and oxygen atoms in total. The molecular weight excluding hydrogens is 328 g/mol. The lowest BCUT2D eigenvalue weighted by Crippen LogP contribution is -2.37. The Bertz CT molecular complexity index is 785. The maximum absolute atomic E-state index is 6.22. The van der Waals surface area contributed by atoms with Crippen molar-refractivity contribution in [2.75, 3.05) is 6.54 Å². The highest BCUT2D eigenvalue weighted by Gasteiger charge is 2.09. The summed E-state index contributed by atoms with van der Waals surface area (Å²) in [5.41, 5.74) is 10.8. The van der Waals surface area contributed by atoms with Gasteiger partial charge < -0.3 is 11.1 Å². The van der Waals surface area contributed by atoms with E-state index >= 15 is 0 Å². The van der Waals surface area contributed by atoms with Crippen molar-refractivity contribution in [1.82, 2.24) is 5.32 Å². The smallest absolute Gasteiger partial charge is 0.0450 e. The first-order valence-corrected chi connectivity index (χ1v) is 8.95. The largest absolute Gasteiger partial charge is 0.329 e. The molecule has 3 rings (SSSR count). The second-order valence-corrected chi connectivity index (χ2v) is 6.58. The third-order valence-electron chi connectivity index (χ3n) is 4.37. The lowest BCUT2D eigenvalue weighted by atomic mass is 10.0. The Balaban J connectivity index is 1.61. The molecule has 0 aliphatic carbocycles. The second kappa shape index (κ2) is 8.82. The Labute approximate surface area is 154 Å². The molecule has 0 saturated carbocycles. The zero-order chi connectivity index (χ0) is 17.5. The monoisotopic (exact) mass is 350 g/mol. The van der Waals surface area contributed by atoms with E-state index in [0.29, 0.717) is 6.54 Å². The van der Waals surface area contributed by atoms with E-state index < -0.39 is 0 Å². The molecule has 0 aromatic heterocycles. The van der Waals surface area contributed by atoms with Crippen molar-refractivity contribution in [2.24, 2.45) is 5.73 Å². The van der Waals surface area contributed by atoms with Crippen LogP contribution in [0.15, 0.2) is 78.9 Å². The van der Waals surface area contributed by atoms with Crippen LogP contribution in [-0.2, 0) is 13.0 Å². The summed E-state index contributed by atoms with van der Waals surface area (Å²) >= 11 is 6.22. The van der Waals surface area contributed by atoms with Crippen LogP contribution in [0.4, 0.5) is 0 Å². The molecule has 1 unspecified atom stereocenters. The zero-order valence-electron chi connectivity index (χ0n) is 14.2. The minimum Gasteiger partial charge on any atom is -0.329 e. The first-order valence-electron chi connectivity index (χ1n) is 8.57. The number of halogens is 1. The Morgan fingerprint density at radius 3 is 2.12 bits per heavy atom. The topological polar surface area (TPSA) is 38.0 Å². The molecule has 0 heterocycles. The maximum atomic E-state index is 6.22. The van der Waals surface area contributed by atoms with Gasteiger partial charge in [0.1, 0.15) is 0 Å². The summed E-state index contributed by atoms with van der Waals surface area (Å²) in [7, 11) is 0. The van der Waals surface area contributed by atoms with Gasteiger partial charge in [0.15, 0.2) is 0 Å². The van der Waals surface area contributed by atoms with Crippen molar-refractivity contribution in [3.63, 3.8) is 0 Å². The molecular formula is C22H23ClN2. The molecule has 128 valence electrons. The molecule has 25 heavy (non-hydrogen) atoms. The standard InChI is InChI=1S/C22H23ClN2/c23-22-9-5-4-8-20(22)16-25-21(15-24)14-17-10-12-19(13-11-17)18-6-2-1-3-7-18/h1-13,21,25H,14-16,24H2. The molecule has 0 aliphatic rings. The van der Waals surface area contributed by atoms with Gasteiger partial charge in [0, 0.05) is 24.2 Å². The summed E-state index contributed by atoms with van der Waals surface area (Å²) in [5, 5.41) is 4.30. The van der Waals surface area contributed by atoms with Crippen molar-refractivity contribution in [1.29, 1.82) is 0 Å². The van der Waals surface area contributed by atoms with Gasteiger partial charge in [0.2, 0.25) is 0 Å². The summed E-state index contributed by atoms with van der Waals surface area (Å²) in [6.45, 7) is 1.31. The first-order chi connectivity index (χ1) is 12.3. The lowest BCUT2D eigenvalue weighted by Gasteiger charge is -2.18. The van der Waals surface area contributed by atoms with E-state index in [1.807, 2.05) is 30.3 Å². The minimum absolute atomic E-state index is 0.221. The van der Waals surface area contributed by atoms with Crippen molar-refractivity contribution >= 4 is 11.6 Å². The molecule has 0 aliphatic heterocycles. The number of benzene rings is 3. The Morgan fingerprint density at radius 2 is 1.44 bits per heavy atom. The average Bonchev–Trinajstić information content (AvgIpc) is 2.67. The highest BCUT2D eigenvalue weighted by molar-refractivity contribution is 6.31. The number of hydrogen-bond donors (Lipinski definition) is 2. The van der Waals surface area contributed by atoms with E-state index in [4.69, 9.17) is 17.3 Å². The van der Waals surface area contributed by atoms with Gasteiger partial charge in [-0.25, -0.2) is 0 Å². The summed E-state index contributed by atoms with van der Waals surface area (Å²) in [5.74, 6) is 0. The first kappa shape index (κ1) is 17.7. The highest BCUT2D eigenvalue weighted by Crippen LogP contribution is 2.20. The van der Waals surface area contributed by atoms with Crippen LogP contribution in [0.3, 0.4) is 0 Å². The van der Waals surface area contributed by atoms with E-state index in [1.165, 1.54) is 16.7 Å². The van der Waals surface area contributed by atoms with Crippen molar-refractivity contribution in [3.05, 3.63) is 95.0 Å². The highest BCUT2D eigenvalue weighted by atomic mass is 35.5. The number of nitrogens with one attached hydrogen (secondary N) is 1. The molecule has 3 N–H and O–H groups in total. The summed E-state index contributed by atoms with van der Waals surface area (Å²) in [6.07, 6.45) is 0.899. The number of hydrogen-bond acceptors (Lipinski definition) is 2. The van der Waals surface area contributed by atoms with Crippen molar-refractivity contribution < 1.29 is 0 Å². The third kappa shape index (κ3) is 4.93. The van der Waals surface area contributed by atoms with Crippen LogP contribution in [-0.4, -0.2) is 12.6 Å². The lowest BCUT2D eigenvalue weighted by molar-refractivity contribution is 0.516. The van der Waals surface area contributed by atoms with Crippen LogP contribution in [0.5, 0.6) is 0 Å². The van der Waals surface area contributed by atoms with E-state index in [9.17, 15) is 0 Å². The Hall–Kier alpha value is -2.13. The molecule has 0 saturated heterocycles. The molecule has 3 heteroatoms. The van der Waals surface area contributed by atoms with Crippen LogP contribution in [0.1, 0.15) is 11.1 Å².